The fraction of sp³-hybridized carbons (Fsp3) is 0.125. The van der Waals surface area contributed by atoms with Crippen LogP contribution in [0.4, 0.5) is 11.4 Å². The highest BCUT2D eigenvalue weighted by Crippen LogP contribution is 2.21. The lowest BCUT2D eigenvalue weighted by Gasteiger charge is -2.05. The molecule has 0 bridgehead atoms. The van der Waals surface area contributed by atoms with Gasteiger partial charge in [0.05, 0.1) is 11.4 Å². The Bertz CT molecular complexity index is 325. The summed E-state index contributed by atoms with van der Waals surface area (Å²) in [5.74, 6) is -0.635. The summed E-state index contributed by atoms with van der Waals surface area (Å²) in [6.07, 6.45) is 0. The highest BCUT2D eigenvalue weighted by molar-refractivity contribution is 5.69. The number of nitrogen functional groups attached to an aromatic ring is 2. The molecular formula is C8H10N2O3. The molecule has 1 aromatic rings. The van der Waals surface area contributed by atoms with Crippen LogP contribution in [0.2, 0.25) is 0 Å². The molecule has 1 rings (SSSR count). The number of carbonyl (C=O) groups is 1. The zero-order valence-electron chi connectivity index (χ0n) is 6.86. The second-order valence-electron chi connectivity index (χ2n) is 2.47. The number of carboxylic acids is 1. The molecule has 5 nitrogen and oxygen atoms in total. The first-order valence-electron chi connectivity index (χ1n) is 3.59. The third-order valence-corrected chi connectivity index (χ3v) is 1.42. The second kappa shape index (κ2) is 3.66. The van der Waals surface area contributed by atoms with Crippen LogP contribution in [-0.4, -0.2) is 17.7 Å². The predicted molar refractivity (Wildman–Crippen MR) is 48.4 cm³/mol. The summed E-state index contributed by atoms with van der Waals surface area (Å²) in [5, 5.41) is 8.32. The Morgan fingerprint density at radius 2 is 2.08 bits per heavy atom. The van der Waals surface area contributed by atoms with Crippen LogP contribution in [-0.2, 0) is 4.79 Å². The maximum atomic E-state index is 10.1. The number of hydrogen-bond donors (Lipinski definition) is 3. The molecule has 0 radical (unpaired) electrons. The molecule has 0 heterocycles. The summed E-state index contributed by atoms with van der Waals surface area (Å²) in [5.41, 5.74) is 11.7. The fourth-order valence-electron chi connectivity index (χ4n) is 0.788. The quantitative estimate of drug-likeness (QED) is 0.584. The summed E-state index contributed by atoms with van der Waals surface area (Å²) in [6.45, 7) is -0.386. The summed E-state index contributed by atoms with van der Waals surface area (Å²) >= 11 is 0. The van der Waals surface area contributed by atoms with E-state index in [9.17, 15) is 4.79 Å². The van der Waals surface area contributed by atoms with Crippen LogP contribution in [0.1, 0.15) is 0 Å². The molecular weight excluding hydrogens is 172 g/mol. The van der Waals surface area contributed by atoms with Crippen molar-refractivity contribution in [3.63, 3.8) is 0 Å². The molecule has 0 aromatic heterocycles. The minimum absolute atomic E-state index is 0.378. The van der Waals surface area contributed by atoms with Crippen LogP contribution in [0.15, 0.2) is 18.2 Å². The van der Waals surface area contributed by atoms with E-state index in [1.807, 2.05) is 0 Å². The molecule has 0 atom stereocenters. The lowest BCUT2D eigenvalue weighted by atomic mass is 10.2. The van der Waals surface area contributed by atoms with Gasteiger partial charge in [0, 0.05) is 6.07 Å². The predicted octanol–water partition coefficient (Wildman–Crippen LogP) is 0.314. The van der Waals surface area contributed by atoms with Crippen LogP contribution in [0.25, 0.3) is 0 Å². The topological polar surface area (TPSA) is 98.6 Å². The first kappa shape index (κ1) is 9.18. The van der Waals surface area contributed by atoms with E-state index in [-0.39, 0.29) is 6.61 Å². The molecule has 70 valence electrons. The lowest BCUT2D eigenvalue weighted by molar-refractivity contribution is -0.139. The standard InChI is InChI=1S/C8H10N2O3/c9-6-2-1-5(3-7(6)10)13-4-8(11)12/h1-3H,4,9-10H2,(H,11,12). The number of anilines is 2. The van der Waals surface area contributed by atoms with Gasteiger partial charge in [0.1, 0.15) is 5.75 Å². The lowest BCUT2D eigenvalue weighted by Crippen LogP contribution is -2.09. The largest absolute Gasteiger partial charge is 0.482 e. The SMILES string of the molecule is Nc1ccc(OCC(=O)O)cc1N. The van der Waals surface area contributed by atoms with Gasteiger partial charge in [-0.05, 0) is 12.1 Å². The van der Waals surface area contributed by atoms with E-state index < -0.39 is 5.97 Å². The molecule has 0 aliphatic rings. The second-order valence-corrected chi connectivity index (χ2v) is 2.47. The summed E-state index contributed by atoms with van der Waals surface area (Å²) in [6, 6.07) is 4.61. The molecule has 0 unspecified atom stereocenters. The Balaban J connectivity index is 2.68. The minimum atomic E-state index is -1.03. The highest BCUT2D eigenvalue weighted by Gasteiger charge is 2.00. The third kappa shape index (κ3) is 2.55. The molecule has 0 fully saturated rings. The van der Waals surface area contributed by atoms with Crippen molar-refractivity contribution in [1.82, 2.24) is 0 Å². The van der Waals surface area contributed by atoms with E-state index in [1.54, 1.807) is 12.1 Å². The molecule has 13 heavy (non-hydrogen) atoms. The van der Waals surface area contributed by atoms with Gasteiger partial charge in [-0.15, -0.1) is 0 Å². The van der Waals surface area contributed by atoms with Gasteiger partial charge in [-0.1, -0.05) is 0 Å². The molecule has 0 saturated carbocycles. The van der Waals surface area contributed by atoms with Gasteiger partial charge < -0.3 is 21.3 Å². The zero-order valence-corrected chi connectivity index (χ0v) is 6.86. The summed E-state index contributed by atoms with van der Waals surface area (Å²) in [4.78, 5) is 10.1. The van der Waals surface area contributed by atoms with E-state index >= 15 is 0 Å². The Kier molecular flexibility index (Phi) is 2.59. The number of rotatable bonds is 3. The first-order chi connectivity index (χ1) is 6.09. The van der Waals surface area contributed by atoms with E-state index in [0.717, 1.165) is 0 Å². The monoisotopic (exact) mass is 182 g/mol. The molecule has 1 aromatic carbocycles. The van der Waals surface area contributed by atoms with Crippen molar-refractivity contribution in [3.05, 3.63) is 18.2 Å². The van der Waals surface area contributed by atoms with E-state index in [1.165, 1.54) is 6.07 Å². The average molecular weight is 182 g/mol. The Hall–Kier alpha value is -1.91. The highest BCUT2D eigenvalue weighted by atomic mass is 16.5. The van der Waals surface area contributed by atoms with Crippen molar-refractivity contribution in [1.29, 1.82) is 0 Å². The summed E-state index contributed by atoms with van der Waals surface area (Å²) in [7, 11) is 0. The Morgan fingerprint density at radius 1 is 1.38 bits per heavy atom. The zero-order chi connectivity index (χ0) is 9.84. The number of carboxylic acid groups (broad SMARTS) is 1. The van der Waals surface area contributed by atoms with Crippen LogP contribution in [0.5, 0.6) is 5.75 Å². The van der Waals surface area contributed by atoms with Crippen LogP contribution in [0.3, 0.4) is 0 Å². The van der Waals surface area contributed by atoms with Crippen molar-refractivity contribution in [3.8, 4) is 5.75 Å². The maximum Gasteiger partial charge on any atom is 0.341 e. The van der Waals surface area contributed by atoms with Crippen molar-refractivity contribution in [2.75, 3.05) is 18.1 Å². The first-order valence-corrected chi connectivity index (χ1v) is 3.59. The number of hydrogen-bond acceptors (Lipinski definition) is 4. The van der Waals surface area contributed by atoms with Crippen molar-refractivity contribution in [2.24, 2.45) is 0 Å². The summed E-state index contributed by atoms with van der Waals surface area (Å²) < 4.78 is 4.87. The van der Waals surface area contributed by atoms with Crippen molar-refractivity contribution in [2.45, 2.75) is 0 Å². The molecule has 0 aliphatic heterocycles. The van der Waals surface area contributed by atoms with E-state index in [0.29, 0.717) is 17.1 Å². The Morgan fingerprint density at radius 3 is 2.62 bits per heavy atom. The van der Waals surface area contributed by atoms with Gasteiger partial charge in [0.25, 0.3) is 0 Å². The van der Waals surface area contributed by atoms with Gasteiger partial charge in [0.2, 0.25) is 0 Å². The van der Waals surface area contributed by atoms with Crippen LogP contribution < -0.4 is 16.2 Å². The molecule has 0 spiro atoms. The molecule has 0 aliphatic carbocycles. The fourth-order valence-corrected chi connectivity index (χ4v) is 0.788. The Labute approximate surface area is 74.9 Å². The van der Waals surface area contributed by atoms with Gasteiger partial charge in [0.15, 0.2) is 6.61 Å². The van der Waals surface area contributed by atoms with Gasteiger partial charge >= 0.3 is 5.97 Å². The van der Waals surface area contributed by atoms with Crippen molar-refractivity contribution >= 4 is 17.3 Å². The van der Waals surface area contributed by atoms with Gasteiger partial charge in [-0.25, -0.2) is 4.79 Å². The number of aliphatic carboxylic acids is 1. The smallest absolute Gasteiger partial charge is 0.341 e. The molecule has 5 N–H and O–H groups in total. The third-order valence-electron chi connectivity index (χ3n) is 1.42. The minimum Gasteiger partial charge on any atom is -0.482 e. The van der Waals surface area contributed by atoms with Crippen LogP contribution in [0, 0.1) is 0 Å². The number of nitrogens with two attached hydrogens (primary N) is 2. The van der Waals surface area contributed by atoms with Gasteiger partial charge in [-0.3, -0.25) is 0 Å². The van der Waals surface area contributed by atoms with Crippen LogP contribution >= 0.6 is 0 Å². The van der Waals surface area contributed by atoms with E-state index in [4.69, 9.17) is 21.3 Å². The molecule has 5 heteroatoms. The maximum absolute atomic E-state index is 10.1. The number of benzene rings is 1. The van der Waals surface area contributed by atoms with Crippen molar-refractivity contribution < 1.29 is 14.6 Å². The average Bonchev–Trinajstić information content (AvgIpc) is 2.07. The van der Waals surface area contributed by atoms with E-state index in [2.05, 4.69) is 0 Å². The molecule has 0 saturated heterocycles. The normalized spacial score (nSPS) is 9.54. The van der Waals surface area contributed by atoms with Gasteiger partial charge in [-0.2, -0.15) is 0 Å². The number of ether oxygens (including phenoxy) is 1. The molecule has 0 amide bonds.